The van der Waals surface area contributed by atoms with Crippen molar-refractivity contribution in [1.82, 2.24) is 4.90 Å². The van der Waals surface area contributed by atoms with Crippen molar-refractivity contribution >= 4 is 5.97 Å². The molecule has 2 aliphatic heterocycles. The molecule has 0 amide bonds. The van der Waals surface area contributed by atoms with E-state index < -0.39 is 23.0 Å². The summed E-state index contributed by atoms with van der Waals surface area (Å²) in [4.78, 5) is 15.3. The van der Waals surface area contributed by atoms with Crippen molar-refractivity contribution in [2.24, 2.45) is 0 Å². The Balaban J connectivity index is 1.43. The largest absolute Gasteiger partial charge is 0.504 e. The fourth-order valence-electron chi connectivity index (χ4n) is 6.52. The lowest BCUT2D eigenvalue weighted by atomic mass is 9.50. The summed E-state index contributed by atoms with van der Waals surface area (Å²) in [5, 5.41) is 22.7. The molecule has 32 heavy (non-hydrogen) atoms. The Bertz CT molecular complexity index is 1140. The number of aromatic hydroxyl groups is 1. The van der Waals surface area contributed by atoms with E-state index in [1.807, 2.05) is 56.4 Å². The number of likely N-dealkylation sites (N-methyl/N-ethyl adjacent to an activating group) is 1. The molecule has 2 aromatic carbocycles. The van der Waals surface area contributed by atoms with Gasteiger partial charge in [-0.25, -0.2) is 0 Å². The first-order chi connectivity index (χ1) is 15.4. The Labute approximate surface area is 187 Å². The van der Waals surface area contributed by atoms with E-state index in [0.717, 1.165) is 23.2 Å². The molecule has 2 heterocycles. The van der Waals surface area contributed by atoms with E-state index in [2.05, 4.69) is 4.90 Å². The van der Waals surface area contributed by atoms with E-state index in [1.165, 1.54) is 0 Å². The SMILES string of the molecule is C[C@H](C(=O)OC1=CC[C@@]2(O)[C@H]3Cc4ccc(O)c5c4[C@@]2(CCN3C)[C@H]1O5)c1ccccc1. The Morgan fingerprint density at radius 2 is 2.03 bits per heavy atom. The number of hydrogen-bond acceptors (Lipinski definition) is 6. The van der Waals surface area contributed by atoms with E-state index in [-0.39, 0.29) is 17.8 Å². The van der Waals surface area contributed by atoms with Gasteiger partial charge in [0.2, 0.25) is 0 Å². The number of hydrogen-bond donors (Lipinski definition) is 2. The minimum atomic E-state index is -1.06. The number of piperidine rings is 1. The molecule has 2 aliphatic carbocycles. The van der Waals surface area contributed by atoms with E-state index in [0.29, 0.717) is 30.8 Å². The second-order valence-corrected chi connectivity index (χ2v) is 9.66. The van der Waals surface area contributed by atoms with Gasteiger partial charge in [-0.2, -0.15) is 0 Å². The molecule has 0 radical (unpaired) electrons. The third-order valence-electron chi connectivity index (χ3n) is 8.22. The van der Waals surface area contributed by atoms with Crippen molar-refractivity contribution in [3.8, 4) is 11.5 Å². The fourth-order valence-corrected chi connectivity index (χ4v) is 6.52. The monoisotopic (exact) mass is 433 g/mol. The van der Waals surface area contributed by atoms with Gasteiger partial charge in [-0.15, -0.1) is 0 Å². The van der Waals surface area contributed by atoms with Crippen LogP contribution in [0.2, 0.25) is 0 Å². The maximum Gasteiger partial charge on any atom is 0.318 e. The number of carbonyl (C=O) groups excluding carboxylic acids is 1. The standard InChI is InChI=1S/C26H27NO5/c1-15(16-6-4-3-5-7-16)24(29)31-19-10-11-26(30)20-14-17-8-9-18(28)22-21(17)25(26,23(19)32-22)12-13-27(20)2/h3-10,15,20,23,28,30H,11-14H2,1-2H3/t15-,20+,23-,25-,26+/m0/s1. The smallest absolute Gasteiger partial charge is 0.318 e. The number of nitrogens with zero attached hydrogens (tertiary/aromatic N) is 1. The molecular formula is C26H27NO5. The van der Waals surface area contributed by atoms with E-state index >= 15 is 0 Å². The first-order valence-electron chi connectivity index (χ1n) is 11.3. The van der Waals surface area contributed by atoms with Gasteiger partial charge < -0.3 is 24.6 Å². The molecule has 0 aromatic heterocycles. The van der Waals surface area contributed by atoms with E-state index in [1.54, 1.807) is 6.07 Å². The third-order valence-corrected chi connectivity index (χ3v) is 8.22. The number of phenolic OH excluding ortho intramolecular Hbond substituents is 1. The first-order valence-corrected chi connectivity index (χ1v) is 11.3. The van der Waals surface area contributed by atoms with Crippen molar-refractivity contribution in [1.29, 1.82) is 0 Å². The highest BCUT2D eigenvalue weighted by molar-refractivity contribution is 5.79. The number of rotatable bonds is 3. The average Bonchev–Trinajstić information content (AvgIpc) is 3.16. The minimum Gasteiger partial charge on any atom is -0.504 e. The maximum atomic E-state index is 13.1. The van der Waals surface area contributed by atoms with Gasteiger partial charge in [0.05, 0.1) is 16.9 Å². The van der Waals surface area contributed by atoms with E-state index in [9.17, 15) is 15.0 Å². The van der Waals surface area contributed by atoms with Crippen molar-refractivity contribution in [3.05, 3.63) is 71.0 Å². The van der Waals surface area contributed by atoms with Gasteiger partial charge in [0, 0.05) is 18.0 Å². The Morgan fingerprint density at radius 3 is 2.81 bits per heavy atom. The highest BCUT2D eigenvalue weighted by atomic mass is 16.6. The van der Waals surface area contributed by atoms with Gasteiger partial charge >= 0.3 is 5.97 Å². The molecule has 166 valence electrons. The quantitative estimate of drug-likeness (QED) is 0.725. The second-order valence-electron chi connectivity index (χ2n) is 9.66. The predicted molar refractivity (Wildman–Crippen MR) is 118 cm³/mol. The second kappa shape index (κ2) is 6.59. The zero-order valence-electron chi connectivity index (χ0n) is 18.2. The average molecular weight is 434 g/mol. The van der Waals surface area contributed by atoms with Crippen LogP contribution in [0.4, 0.5) is 0 Å². The van der Waals surface area contributed by atoms with Gasteiger partial charge in [-0.3, -0.25) is 4.79 Å². The number of esters is 1. The van der Waals surface area contributed by atoms with Gasteiger partial charge in [-0.05, 0) is 56.6 Å². The summed E-state index contributed by atoms with van der Waals surface area (Å²) in [7, 11) is 2.05. The van der Waals surface area contributed by atoms with Crippen LogP contribution < -0.4 is 4.74 Å². The summed E-state index contributed by atoms with van der Waals surface area (Å²) in [6.45, 7) is 2.62. The lowest BCUT2D eigenvalue weighted by Gasteiger charge is -2.61. The predicted octanol–water partition coefficient (Wildman–Crippen LogP) is 3.02. The van der Waals surface area contributed by atoms with Crippen molar-refractivity contribution in [2.45, 2.75) is 55.3 Å². The van der Waals surface area contributed by atoms with Crippen molar-refractivity contribution < 1.29 is 24.5 Å². The van der Waals surface area contributed by atoms with Crippen LogP contribution in [0.15, 0.2) is 54.3 Å². The van der Waals surface area contributed by atoms with Gasteiger partial charge in [0.1, 0.15) is 5.76 Å². The molecule has 6 nitrogen and oxygen atoms in total. The van der Waals surface area contributed by atoms with Crippen LogP contribution in [0, 0.1) is 0 Å². The molecular weight excluding hydrogens is 406 g/mol. The first kappa shape index (κ1) is 19.8. The Hall–Kier alpha value is -2.83. The summed E-state index contributed by atoms with van der Waals surface area (Å²) >= 11 is 0. The zero-order chi connectivity index (χ0) is 22.3. The molecule has 0 unspecified atom stereocenters. The lowest BCUT2D eigenvalue weighted by Crippen LogP contribution is -2.74. The van der Waals surface area contributed by atoms with E-state index in [4.69, 9.17) is 9.47 Å². The number of ether oxygens (including phenoxy) is 2. The molecule has 1 spiro atoms. The molecule has 6 rings (SSSR count). The van der Waals surface area contributed by atoms with Crippen LogP contribution in [-0.2, 0) is 21.4 Å². The summed E-state index contributed by atoms with van der Waals surface area (Å²) in [5.41, 5.74) is 1.07. The number of phenols is 1. The summed E-state index contributed by atoms with van der Waals surface area (Å²) in [6, 6.07) is 13.1. The van der Waals surface area contributed by atoms with Crippen LogP contribution in [0.5, 0.6) is 11.5 Å². The molecule has 2 bridgehead atoms. The van der Waals surface area contributed by atoms with Crippen LogP contribution >= 0.6 is 0 Å². The molecule has 5 atom stereocenters. The highest BCUT2D eigenvalue weighted by Gasteiger charge is 2.72. The van der Waals surface area contributed by atoms with Crippen LogP contribution in [0.3, 0.4) is 0 Å². The minimum absolute atomic E-state index is 0.0654. The molecule has 1 saturated heterocycles. The van der Waals surface area contributed by atoms with Gasteiger partial charge in [-0.1, -0.05) is 36.4 Å². The summed E-state index contributed by atoms with van der Waals surface area (Å²) < 4.78 is 12.3. The number of benzene rings is 2. The zero-order valence-corrected chi connectivity index (χ0v) is 18.2. The van der Waals surface area contributed by atoms with Gasteiger partial charge in [0.25, 0.3) is 0 Å². The molecule has 4 aliphatic rings. The molecule has 2 N–H and O–H groups in total. The molecule has 2 aromatic rings. The number of carbonyl (C=O) groups is 1. The van der Waals surface area contributed by atoms with Crippen molar-refractivity contribution in [3.63, 3.8) is 0 Å². The molecule has 6 heteroatoms. The summed E-state index contributed by atoms with van der Waals surface area (Å²) in [6.07, 6.45) is 2.90. The fraction of sp³-hybridized carbons (Fsp3) is 0.423. The van der Waals surface area contributed by atoms with Crippen LogP contribution in [-0.4, -0.2) is 52.4 Å². The topological polar surface area (TPSA) is 79.2 Å². The Kier molecular flexibility index (Phi) is 4.08. The molecule has 1 fully saturated rings. The molecule has 0 saturated carbocycles. The number of likely N-dealkylation sites (tertiary alicyclic amines) is 1. The third kappa shape index (κ3) is 2.34. The summed E-state index contributed by atoms with van der Waals surface area (Å²) in [5.74, 6) is 0.145. The lowest BCUT2D eigenvalue weighted by molar-refractivity contribution is -0.169. The normalized spacial score (nSPS) is 33.0. The van der Waals surface area contributed by atoms with Gasteiger partial charge in [0.15, 0.2) is 17.6 Å². The van der Waals surface area contributed by atoms with Crippen molar-refractivity contribution in [2.75, 3.05) is 13.6 Å². The van der Waals surface area contributed by atoms with Crippen LogP contribution in [0.1, 0.15) is 42.4 Å². The Morgan fingerprint density at radius 1 is 1.25 bits per heavy atom. The number of aliphatic hydroxyl groups is 1. The maximum absolute atomic E-state index is 13.1. The highest BCUT2D eigenvalue weighted by Crippen LogP contribution is 2.65. The van der Waals surface area contributed by atoms with Crippen LogP contribution in [0.25, 0.3) is 0 Å².